The number of H-pyrrole nitrogens is 1. The fraction of sp³-hybridized carbons (Fsp3) is 0. The van der Waals surface area contributed by atoms with Crippen molar-refractivity contribution in [3.63, 3.8) is 0 Å². The van der Waals surface area contributed by atoms with Gasteiger partial charge in [0.2, 0.25) is 0 Å². The molecule has 0 saturated carbocycles. The van der Waals surface area contributed by atoms with Crippen LogP contribution in [0.2, 0.25) is 0 Å². The van der Waals surface area contributed by atoms with Crippen LogP contribution in [-0.4, -0.2) is 16.2 Å². The first-order chi connectivity index (χ1) is 7.67. The van der Waals surface area contributed by atoms with Gasteiger partial charge in [0.05, 0.1) is 4.92 Å². The maximum absolute atomic E-state index is 10.6. The summed E-state index contributed by atoms with van der Waals surface area (Å²) in [6.07, 6.45) is 0.447. The van der Waals surface area contributed by atoms with Gasteiger partial charge < -0.3 is 4.98 Å². The average Bonchev–Trinajstić information content (AvgIpc) is 2.65. The lowest BCUT2D eigenvalue weighted by Gasteiger charge is -1.91. The van der Waals surface area contributed by atoms with Crippen molar-refractivity contribution in [1.82, 2.24) is 4.98 Å². The van der Waals surface area contributed by atoms with E-state index in [1.807, 2.05) is 0 Å². The molecular weight excluding hydrogens is 214 g/mol. The van der Waals surface area contributed by atoms with Crippen LogP contribution in [0.4, 0.5) is 11.4 Å². The first kappa shape index (κ1) is 9.97. The second kappa shape index (κ2) is 3.54. The van der Waals surface area contributed by atoms with Crippen LogP contribution in [0.3, 0.4) is 0 Å². The van der Waals surface area contributed by atoms with Gasteiger partial charge in [-0.2, -0.15) is 0 Å². The molecule has 2 aromatic rings. The van der Waals surface area contributed by atoms with E-state index >= 15 is 0 Å². The molecule has 16 heavy (non-hydrogen) atoms. The number of non-ortho nitro benzene ring substituents is 1. The number of hydrogen-bond donors (Lipinski definition) is 1. The number of hydrogen-bond acceptors (Lipinski definition) is 5. The summed E-state index contributed by atoms with van der Waals surface area (Å²) in [4.78, 5) is 33.8. The molecule has 1 aromatic heterocycles. The summed E-state index contributed by atoms with van der Waals surface area (Å²) in [5, 5.41) is 13.5. The largest absolute Gasteiger partial charge is 0.350 e. The van der Waals surface area contributed by atoms with Gasteiger partial charge in [0.15, 0.2) is 6.29 Å². The van der Waals surface area contributed by atoms with E-state index in [-0.39, 0.29) is 22.5 Å². The number of benzene rings is 1. The molecule has 0 unspecified atom stereocenters. The molecule has 7 nitrogen and oxygen atoms in total. The van der Waals surface area contributed by atoms with Crippen molar-refractivity contribution in [2.24, 2.45) is 5.18 Å². The molecule has 1 heterocycles. The Bertz CT molecular complexity index is 602. The summed E-state index contributed by atoms with van der Waals surface area (Å²) in [7, 11) is 0. The number of aromatic amines is 1. The highest BCUT2D eigenvalue weighted by molar-refractivity contribution is 6.01. The van der Waals surface area contributed by atoms with Crippen molar-refractivity contribution >= 4 is 28.6 Å². The predicted molar refractivity (Wildman–Crippen MR) is 55.8 cm³/mol. The van der Waals surface area contributed by atoms with Crippen LogP contribution in [-0.2, 0) is 0 Å². The van der Waals surface area contributed by atoms with Crippen molar-refractivity contribution in [3.8, 4) is 0 Å². The molecule has 0 radical (unpaired) electrons. The van der Waals surface area contributed by atoms with Gasteiger partial charge in [-0.25, -0.2) is 0 Å². The number of carbonyl (C=O) groups is 1. The van der Waals surface area contributed by atoms with E-state index in [9.17, 15) is 19.8 Å². The van der Waals surface area contributed by atoms with Crippen molar-refractivity contribution in [3.05, 3.63) is 38.9 Å². The predicted octanol–water partition coefficient (Wildman–Crippen LogP) is 2.29. The number of aromatic nitrogens is 1. The highest BCUT2D eigenvalue weighted by Crippen LogP contribution is 2.31. The lowest BCUT2D eigenvalue weighted by atomic mass is 10.2. The number of nitro benzene ring substituents is 1. The SMILES string of the molecule is O=Cc1[nH]c2ccc([N+](=O)[O-])cc2c1N=O. The summed E-state index contributed by atoms with van der Waals surface area (Å²) in [6.45, 7) is 0. The zero-order chi connectivity index (χ0) is 11.7. The molecule has 0 bridgehead atoms. The Labute approximate surface area is 88.2 Å². The molecule has 0 aliphatic carbocycles. The molecular formula is C9H5N3O4. The van der Waals surface area contributed by atoms with Gasteiger partial charge in [-0.05, 0) is 11.2 Å². The Morgan fingerprint density at radius 2 is 2.19 bits per heavy atom. The topological polar surface area (TPSA) is 105 Å². The van der Waals surface area contributed by atoms with E-state index in [2.05, 4.69) is 10.2 Å². The van der Waals surface area contributed by atoms with E-state index in [0.717, 1.165) is 0 Å². The molecule has 0 fully saturated rings. The molecule has 0 saturated heterocycles. The van der Waals surface area contributed by atoms with E-state index < -0.39 is 4.92 Å². The molecule has 0 aliphatic rings. The molecule has 80 valence electrons. The van der Waals surface area contributed by atoms with Crippen molar-refractivity contribution in [2.45, 2.75) is 0 Å². The number of nitrogens with one attached hydrogen (secondary N) is 1. The maximum Gasteiger partial charge on any atom is 0.270 e. The minimum atomic E-state index is -0.582. The van der Waals surface area contributed by atoms with Gasteiger partial charge in [0, 0.05) is 23.0 Å². The van der Waals surface area contributed by atoms with Crippen molar-refractivity contribution in [1.29, 1.82) is 0 Å². The molecule has 7 heteroatoms. The molecule has 2 rings (SSSR count). The van der Waals surface area contributed by atoms with Crippen molar-refractivity contribution in [2.75, 3.05) is 0 Å². The third-order valence-corrected chi connectivity index (χ3v) is 2.20. The van der Waals surface area contributed by atoms with Gasteiger partial charge in [-0.3, -0.25) is 14.9 Å². The third kappa shape index (κ3) is 1.34. The maximum atomic E-state index is 10.6. The second-order valence-corrected chi connectivity index (χ2v) is 3.08. The Balaban J connectivity index is 2.80. The van der Waals surface area contributed by atoms with Crippen LogP contribution in [0.25, 0.3) is 10.9 Å². The third-order valence-electron chi connectivity index (χ3n) is 2.20. The standard InChI is InChI=1S/C9H5N3O4/c13-4-8-9(11-14)6-3-5(12(15)16)1-2-7(6)10-8/h1-4,10H. The van der Waals surface area contributed by atoms with Crippen LogP contribution in [0.15, 0.2) is 23.4 Å². The molecule has 1 N–H and O–H groups in total. The molecule has 0 aliphatic heterocycles. The smallest absolute Gasteiger partial charge is 0.270 e. The number of nitro groups is 1. The summed E-state index contributed by atoms with van der Waals surface area (Å²) in [5.74, 6) is 0. The van der Waals surface area contributed by atoms with Crippen molar-refractivity contribution < 1.29 is 9.72 Å². The first-order valence-corrected chi connectivity index (χ1v) is 4.26. The lowest BCUT2D eigenvalue weighted by Crippen LogP contribution is -1.86. The minimum Gasteiger partial charge on any atom is -0.350 e. The second-order valence-electron chi connectivity index (χ2n) is 3.08. The van der Waals surface area contributed by atoms with Gasteiger partial charge in [0.25, 0.3) is 5.69 Å². The van der Waals surface area contributed by atoms with E-state index in [1.165, 1.54) is 18.2 Å². The Hall–Kier alpha value is -2.57. The Morgan fingerprint density at radius 1 is 1.44 bits per heavy atom. The lowest BCUT2D eigenvalue weighted by molar-refractivity contribution is -0.384. The summed E-state index contributed by atoms with van der Waals surface area (Å²) in [5.41, 5.74) is 0.218. The zero-order valence-electron chi connectivity index (χ0n) is 7.84. The molecule has 0 spiro atoms. The Kier molecular flexibility index (Phi) is 2.20. The quantitative estimate of drug-likeness (QED) is 0.370. The number of nitrogens with zero attached hydrogens (tertiary/aromatic N) is 2. The number of nitroso groups, excluding NO2 is 1. The van der Waals surface area contributed by atoms with Crippen LogP contribution in [0, 0.1) is 15.0 Å². The van der Waals surface area contributed by atoms with Crippen LogP contribution in [0.5, 0.6) is 0 Å². The van der Waals surface area contributed by atoms with Gasteiger partial charge in [-0.15, -0.1) is 4.91 Å². The number of carbonyl (C=O) groups excluding carboxylic acids is 1. The van der Waals surface area contributed by atoms with E-state index in [0.29, 0.717) is 11.8 Å². The summed E-state index contributed by atoms with van der Waals surface area (Å²) >= 11 is 0. The first-order valence-electron chi connectivity index (χ1n) is 4.26. The normalized spacial score (nSPS) is 10.2. The van der Waals surface area contributed by atoms with Crippen LogP contribution >= 0.6 is 0 Å². The number of aldehydes is 1. The highest BCUT2D eigenvalue weighted by atomic mass is 16.6. The fourth-order valence-electron chi connectivity index (χ4n) is 1.48. The Morgan fingerprint density at radius 3 is 2.75 bits per heavy atom. The van der Waals surface area contributed by atoms with Gasteiger partial charge in [-0.1, -0.05) is 0 Å². The number of rotatable bonds is 3. The molecule has 0 atom stereocenters. The van der Waals surface area contributed by atoms with Crippen LogP contribution < -0.4 is 0 Å². The number of fused-ring (bicyclic) bond motifs is 1. The monoisotopic (exact) mass is 219 g/mol. The molecule has 0 amide bonds. The average molecular weight is 219 g/mol. The minimum absolute atomic E-state index is 0.0190. The summed E-state index contributed by atoms with van der Waals surface area (Å²) < 4.78 is 0. The van der Waals surface area contributed by atoms with Gasteiger partial charge in [0.1, 0.15) is 11.4 Å². The highest BCUT2D eigenvalue weighted by Gasteiger charge is 2.15. The summed E-state index contributed by atoms with van der Waals surface area (Å²) in [6, 6.07) is 3.91. The van der Waals surface area contributed by atoms with Crippen LogP contribution in [0.1, 0.15) is 10.5 Å². The molecule has 1 aromatic carbocycles. The van der Waals surface area contributed by atoms with Gasteiger partial charge >= 0.3 is 0 Å². The van der Waals surface area contributed by atoms with E-state index in [1.54, 1.807) is 0 Å². The fourth-order valence-corrected chi connectivity index (χ4v) is 1.48. The van der Waals surface area contributed by atoms with E-state index in [4.69, 9.17) is 0 Å². The zero-order valence-corrected chi connectivity index (χ0v) is 7.84.